The van der Waals surface area contributed by atoms with Crippen molar-refractivity contribution >= 4 is 11.9 Å². The number of allylic oxidation sites excluding steroid dienone is 1. The fourth-order valence-corrected chi connectivity index (χ4v) is 0.522. The third-order valence-corrected chi connectivity index (χ3v) is 1.31. The fraction of sp³-hybridized carbons (Fsp3) is 0.500. The van der Waals surface area contributed by atoms with Gasteiger partial charge in [-0.3, -0.25) is 10.7 Å². The zero-order valence-electron chi connectivity index (χ0n) is 8.01. The van der Waals surface area contributed by atoms with Crippen molar-refractivity contribution in [2.24, 2.45) is 11.1 Å². The molecule has 74 valence electrons. The molecule has 0 saturated heterocycles. The Morgan fingerprint density at radius 3 is 2.31 bits per heavy atom. The number of amidine groups is 1. The van der Waals surface area contributed by atoms with Crippen LogP contribution >= 0.6 is 0 Å². The first-order chi connectivity index (χ1) is 5.73. The summed E-state index contributed by atoms with van der Waals surface area (Å²) in [5.41, 5.74) is 4.34. The van der Waals surface area contributed by atoms with Crippen molar-refractivity contribution in [1.82, 2.24) is 5.32 Å². The van der Waals surface area contributed by atoms with Gasteiger partial charge < -0.3 is 10.8 Å². The minimum absolute atomic E-state index is 0.0197. The predicted molar refractivity (Wildman–Crippen MR) is 50.6 cm³/mol. The standard InChI is InChI=1S/C8H15N3O2/c1-8(2,3)5(12)4-6(9)11-7(10)13/h4,12H,1-3H3,(H4,9,10,11,13)/b5-4-. The normalized spacial score (nSPS) is 12.4. The van der Waals surface area contributed by atoms with Crippen LogP contribution in [0.1, 0.15) is 20.8 Å². The molecule has 0 radical (unpaired) electrons. The predicted octanol–water partition coefficient (Wildman–Crippen LogP) is 1.12. The van der Waals surface area contributed by atoms with E-state index in [2.05, 4.69) is 0 Å². The summed E-state index contributed by atoms with van der Waals surface area (Å²) in [5, 5.41) is 18.6. The second-order valence-corrected chi connectivity index (χ2v) is 3.68. The zero-order chi connectivity index (χ0) is 10.6. The number of primary amides is 1. The Morgan fingerprint density at radius 1 is 1.54 bits per heavy atom. The molecule has 0 aromatic heterocycles. The van der Waals surface area contributed by atoms with E-state index in [1.807, 2.05) is 5.32 Å². The van der Waals surface area contributed by atoms with Crippen LogP contribution in [-0.4, -0.2) is 17.0 Å². The molecule has 0 atom stereocenters. The van der Waals surface area contributed by atoms with Crippen molar-refractivity contribution in [2.75, 3.05) is 0 Å². The smallest absolute Gasteiger partial charge is 0.317 e. The van der Waals surface area contributed by atoms with E-state index >= 15 is 0 Å². The maximum Gasteiger partial charge on any atom is 0.317 e. The molecule has 13 heavy (non-hydrogen) atoms. The highest BCUT2D eigenvalue weighted by Crippen LogP contribution is 2.21. The number of carbonyl (C=O) groups excluding carboxylic acids is 1. The summed E-state index contributed by atoms with van der Waals surface area (Å²) in [6.45, 7) is 5.36. The van der Waals surface area contributed by atoms with Crippen LogP contribution in [0.15, 0.2) is 11.8 Å². The van der Waals surface area contributed by atoms with Gasteiger partial charge in [0.15, 0.2) is 0 Å². The summed E-state index contributed by atoms with van der Waals surface area (Å²) in [7, 11) is 0. The van der Waals surface area contributed by atoms with Crippen molar-refractivity contribution in [3.8, 4) is 0 Å². The van der Waals surface area contributed by atoms with Crippen LogP contribution in [-0.2, 0) is 0 Å². The van der Waals surface area contributed by atoms with E-state index in [0.29, 0.717) is 0 Å². The van der Waals surface area contributed by atoms with E-state index in [1.54, 1.807) is 20.8 Å². The van der Waals surface area contributed by atoms with Crippen LogP contribution in [0.3, 0.4) is 0 Å². The number of nitrogens with one attached hydrogen (secondary N) is 2. The average Bonchev–Trinajstić information content (AvgIpc) is 1.82. The average molecular weight is 185 g/mol. The maximum absolute atomic E-state index is 10.3. The van der Waals surface area contributed by atoms with Gasteiger partial charge in [-0.25, -0.2) is 4.79 Å². The number of hydrogen-bond donors (Lipinski definition) is 4. The molecule has 0 aliphatic heterocycles. The van der Waals surface area contributed by atoms with Gasteiger partial charge in [0.1, 0.15) is 11.6 Å². The molecule has 0 aliphatic rings. The van der Waals surface area contributed by atoms with Gasteiger partial charge in [0.2, 0.25) is 0 Å². The van der Waals surface area contributed by atoms with Crippen molar-refractivity contribution in [1.29, 1.82) is 5.41 Å². The minimum Gasteiger partial charge on any atom is -0.512 e. The van der Waals surface area contributed by atoms with Gasteiger partial charge in [-0.05, 0) is 0 Å². The third kappa shape index (κ3) is 4.84. The Balaban J connectivity index is 4.40. The van der Waals surface area contributed by atoms with Crippen molar-refractivity contribution in [3.63, 3.8) is 0 Å². The number of carbonyl (C=O) groups is 1. The highest BCUT2D eigenvalue weighted by atomic mass is 16.3. The van der Waals surface area contributed by atoms with E-state index in [9.17, 15) is 9.90 Å². The SMILES string of the molecule is CC(C)(C)/C(O)=C/C(=N)NC(N)=O. The number of nitrogens with two attached hydrogens (primary N) is 1. The van der Waals surface area contributed by atoms with E-state index in [0.717, 1.165) is 6.08 Å². The molecule has 2 amide bonds. The van der Waals surface area contributed by atoms with Crippen LogP contribution < -0.4 is 11.1 Å². The number of aliphatic hydroxyl groups excluding tert-OH is 1. The van der Waals surface area contributed by atoms with Gasteiger partial charge in [0, 0.05) is 11.5 Å². The van der Waals surface area contributed by atoms with Crippen LogP contribution in [0, 0.1) is 10.8 Å². The van der Waals surface area contributed by atoms with E-state index in [4.69, 9.17) is 11.1 Å². The largest absolute Gasteiger partial charge is 0.512 e. The molecule has 0 rings (SSSR count). The molecule has 0 aromatic rings. The number of urea groups is 1. The van der Waals surface area contributed by atoms with Gasteiger partial charge in [-0.15, -0.1) is 0 Å². The summed E-state index contributed by atoms with van der Waals surface area (Å²) < 4.78 is 0. The van der Waals surface area contributed by atoms with Crippen LogP contribution in [0.2, 0.25) is 0 Å². The molecule has 0 saturated carbocycles. The first-order valence-electron chi connectivity index (χ1n) is 3.79. The van der Waals surface area contributed by atoms with E-state index < -0.39 is 11.4 Å². The molecule has 0 aliphatic carbocycles. The quantitative estimate of drug-likeness (QED) is 0.279. The Hall–Kier alpha value is -1.52. The van der Waals surface area contributed by atoms with Crippen LogP contribution in [0.25, 0.3) is 0 Å². The topological polar surface area (TPSA) is 99.2 Å². The Labute approximate surface area is 77.1 Å². The maximum atomic E-state index is 10.3. The second-order valence-electron chi connectivity index (χ2n) is 3.68. The summed E-state index contributed by atoms with van der Waals surface area (Å²) in [6.07, 6.45) is 1.16. The molecule has 5 heteroatoms. The molecule has 0 aromatic carbocycles. The third-order valence-electron chi connectivity index (χ3n) is 1.31. The number of aliphatic hydroxyl groups is 1. The first kappa shape index (κ1) is 11.5. The molecule has 0 fully saturated rings. The van der Waals surface area contributed by atoms with Gasteiger partial charge in [-0.2, -0.15) is 0 Å². The van der Waals surface area contributed by atoms with Crippen LogP contribution in [0.5, 0.6) is 0 Å². The van der Waals surface area contributed by atoms with Gasteiger partial charge in [0.05, 0.1) is 0 Å². The molecule has 0 heterocycles. The lowest BCUT2D eigenvalue weighted by molar-refractivity contribution is 0.253. The van der Waals surface area contributed by atoms with Crippen molar-refractivity contribution < 1.29 is 9.90 Å². The summed E-state index contributed by atoms with van der Waals surface area (Å²) in [5.74, 6) is -0.203. The number of hydrogen-bond acceptors (Lipinski definition) is 3. The zero-order valence-corrected chi connectivity index (χ0v) is 8.01. The van der Waals surface area contributed by atoms with Crippen LogP contribution in [0.4, 0.5) is 4.79 Å². The monoisotopic (exact) mass is 185 g/mol. The molecule has 5 N–H and O–H groups in total. The Kier molecular flexibility index (Phi) is 3.47. The molecule has 5 nitrogen and oxygen atoms in total. The molecular weight excluding hydrogens is 170 g/mol. The highest BCUT2D eigenvalue weighted by molar-refractivity contribution is 6.01. The second kappa shape index (κ2) is 3.93. The minimum atomic E-state index is -0.817. The highest BCUT2D eigenvalue weighted by Gasteiger charge is 2.16. The van der Waals surface area contributed by atoms with Gasteiger partial charge in [0.25, 0.3) is 0 Å². The number of rotatable bonds is 1. The molecule has 0 bridgehead atoms. The number of amides is 2. The molecule has 0 unspecified atom stereocenters. The lowest BCUT2D eigenvalue weighted by Crippen LogP contribution is -2.33. The Bertz CT molecular complexity index is 251. The van der Waals surface area contributed by atoms with Gasteiger partial charge in [-0.1, -0.05) is 20.8 Å². The van der Waals surface area contributed by atoms with E-state index in [1.165, 1.54) is 0 Å². The lowest BCUT2D eigenvalue weighted by atomic mass is 9.93. The first-order valence-corrected chi connectivity index (χ1v) is 3.79. The molecular formula is C8H15N3O2. The molecule has 0 spiro atoms. The summed E-state index contributed by atoms with van der Waals surface area (Å²) >= 11 is 0. The van der Waals surface area contributed by atoms with Crippen molar-refractivity contribution in [2.45, 2.75) is 20.8 Å². The van der Waals surface area contributed by atoms with E-state index in [-0.39, 0.29) is 11.6 Å². The van der Waals surface area contributed by atoms with Crippen molar-refractivity contribution in [3.05, 3.63) is 11.8 Å². The fourth-order valence-electron chi connectivity index (χ4n) is 0.522. The summed E-state index contributed by atoms with van der Waals surface area (Å²) in [4.78, 5) is 10.3. The van der Waals surface area contributed by atoms with Gasteiger partial charge >= 0.3 is 6.03 Å². The Morgan fingerprint density at radius 2 is 2.00 bits per heavy atom. The lowest BCUT2D eigenvalue weighted by Gasteiger charge is -2.17. The summed E-state index contributed by atoms with van der Waals surface area (Å²) in [6, 6.07) is -0.817.